The lowest BCUT2D eigenvalue weighted by atomic mass is 10.1. The molecular weight excluding hydrogens is 272 g/mol. The van der Waals surface area contributed by atoms with Crippen LogP contribution < -0.4 is 0 Å². The Morgan fingerprint density at radius 2 is 1.14 bits per heavy atom. The average molecular weight is 296 g/mol. The molecule has 3 saturated heterocycles. The minimum Gasteiger partial charge on any atom is -0.340 e. The van der Waals surface area contributed by atoms with Crippen LogP contribution in [0, 0.1) is 0 Å². The number of nitrogens with zero attached hydrogens (tertiary/aromatic N) is 2. The molecule has 2 unspecified atom stereocenters. The molecule has 0 radical (unpaired) electrons. The lowest BCUT2D eigenvalue weighted by molar-refractivity contribution is -0.164. The minimum atomic E-state index is -0.889. The molecule has 118 valence electrons. The molecule has 3 heterocycles. The van der Waals surface area contributed by atoms with Gasteiger partial charge in [-0.05, 0) is 39.5 Å². The zero-order valence-corrected chi connectivity index (χ0v) is 12.8. The van der Waals surface area contributed by atoms with Gasteiger partial charge in [-0.3, -0.25) is 9.59 Å². The Hall–Kier alpha value is -1.14. The van der Waals surface area contributed by atoms with Crippen LogP contribution in [0.3, 0.4) is 0 Å². The predicted molar refractivity (Wildman–Crippen MR) is 75.5 cm³/mol. The van der Waals surface area contributed by atoms with Crippen molar-refractivity contribution in [2.45, 2.75) is 57.5 Å². The molecule has 6 heteroatoms. The van der Waals surface area contributed by atoms with Crippen LogP contribution in [0.15, 0.2) is 0 Å². The van der Waals surface area contributed by atoms with E-state index in [4.69, 9.17) is 9.47 Å². The number of hydrogen-bond donors (Lipinski definition) is 0. The summed E-state index contributed by atoms with van der Waals surface area (Å²) in [6.45, 7) is 6.53. The molecule has 0 saturated carbocycles. The number of rotatable bonds is 2. The molecule has 21 heavy (non-hydrogen) atoms. The van der Waals surface area contributed by atoms with E-state index in [9.17, 15) is 9.59 Å². The molecule has 0 aromatic carbocycles. The van der Waals surface area contributed by atoms with Gasteiger partial charge in [0.1, 0.15) is 0 Å². The fourth-order valence-corrected chi connectivity index (χ4v) is 3.36. The van der Waals surface area contributed by atoms with Crippen molar-refractivity contribution in [2.75, 3.05) is 26.2 Å². The highest BCUT2D eigenvalue weighted by atomic mass is 16.8. The van der Waals surface area contributed by atoms with Crippen LogP contribution in [0.2, 0.25) is 0 Å². The topological polar surface area (TPSA) is 59.1 Å². The normalized spacial score (nSPS) is 31.9. The van der Waals surface area contributed by atoms with Gasteiger partial charge in [0.25, 0.3) is 11.8 Å². The first-order valence-electron chi connectivity index (χ1n) is 7.91. The fraction of sp³-hybridized carbons (Fsp3) is 0.867. The van der Waals surface area contributed by atoms with Crippen LogP contribution in [0.25, 0.3) is 0 Å². The van der Waals surface area contributed by atoms with Crippen molar-refractivity contribution in [2.24, 2.45) is 0 Å². The van der Waals surface area contributed by atoms with E-state index in [2.05, 4.69) is 0 Å². The van der Waals surface area contributed by atoms with Crippen molar-refractivity contribution in [1.29, 1.82) is 0 Å². The van der Waals surface area contributed by atoms with Crippen LogP contribution in [0.4, 0.5) is 0 Å². The number of carbonyl (C=O) groups excluding carboxylic acids is 2. The second-order valence-corrected chi connectivity index (χ2v) is 6.54. The van der Waals surface area contributed by atoms with E-state index in [1.54, 1.807) is 23.6 Å². The van der Waals surface area contributed by atoms with Gasteiger partial charge in [-0.15, -0.1) is 0 Å². The molecule has 0 bridgehead atoms. The molecule has 3 aliphatic rings. The van der Waals surface area contributed by atoms with E-state index in [0.717, 1.165) is 51.9 Å². The number of carbonyl (C=O) groups is 2. The molecule has 3 rings (SSSR count). The molecule has 2 atom stereocenters. The molecule has 0 spiro atoms. The summed E-state index contributed by atoms with van der Waals surface area (Å²) in [4.78, 5) is 28.8. The van der Waals surface area contributed by atoms with Crippen LogP contribution in [0.5, 0.6) is 0 Å². The minimum absolute atomic E-state index is 0.101. The summed E-state index contributed by atoms with van der Waals surface area (Å²) in [5, 5.41) is 0. The number of amides is 2. The van der Waals surface area contributed by atoms with Crippen LogP contribution in [0.1, 0.15) is 39.5 Å². The van der Waals surface area contributed by atoms with Gasteiger partial charge in [0.05, 0.1) is 0 Å². The summed E-state index contributed by atoms with van der Waals surface area (Å²) < 4.78 is 11.5. The molecule has 2 amide bonds. The van der Waals surface area contributed by atoms with E-state index in [0.29, 0.717) is 0 Å². The Morgan fingerprint density at radius 3 is 1.48 bits per heavy atom. The van der Waals surface area contributed by atoms with Crippen molar-refractivity contribution in [3.05, 3.63) is 0 Å². The summed E-state index contributed by atoms with van der Waals surface area (Å²) >= 11 is 0. The Bertz CT molecular complexity index is 387. The number of hydrogen-bond acceptors (Lipinski definition) is 4. The summed E-state index contributed by atoms with van der Waals surface area (Å²) in [6, 6.07) is 0. The molecule has 0 N–H and O–H groups in total. The Morgan fingerprint density at radius 1 is 0.810 bits per heavy atom. The third-order valence-electron chi connectivity index (χ3n) is 4.42. The summed E-state index contributed by atoms with van der Waals surface area (Å²) in [5.41, 5.74) is 0. The lowest BCUT2D eigenvalue weighted by Crippen LogP contribution is -2.49. The van der Waals surface area contributed by atoms with E-state index in [1.165, 1.54) is 0 Å². The third kappa shape index (κ3) is 2.92. The highest BCUT2D eigenvalue weighted by Gasteiger charge is 2.51. The highest BCUT2D eigenvalue weighted by Crippen LogP contribution is 2.31. The van der Waals surface area contributed by atoms with Crippen LogP contribution >= 0.6 is 0 Å². The smallest absolute Gasteiger partial charge is 0.255 e. The summed E-state index contributed by atoms with van der Waals surface area (Å²) in [6.07, 6.45) is 2.49. The average Bonchev–Trinajstić information content (AvgIpc) is 3.17. The maximum Gasteiger partial charge on any atom is 0.255 e. The first-order valence-corrected chi connectivity index (χ1v) is 7.91. The molecule has 0 aliphatic carbocycles. The second kappa shape index (κ2) is 5.57. The maximum atomic E-state index is 12.6. The van der Waals surface area contributed by atoms with Gasteiger partial charge in [0.2, 0.25) is 0 Å². The SMILES string of the molecule is CC1(C)OC(C(=O)N2CCCC2)C(C(=O)N2CCCC2)O1. The first kappa shape index (κ1) is 14.8. The quantitative estimate of drug-likeness (QED) is 0.754. The monoisotopic (exact) mass is 296 g/mol. The van der Waals surface area contributed by atoms with Gasteiger partial charge in [0.15, 0.2) is 18.0 Å². The van der Waals surface area contributed by atoms with Crippen molar-refractivity contribution < 1.29 is 19.1 Å². The van der Waals surface area contributed by atoms with Gasteiger partial charge in [-0.25, -0.2) is 0 Å². The van der Waals surface area contributed by atoms with Gasteiger partial charge >= 0.3 is 0 Å². The fourth-order valence-electron chi connectivity index (χ4n) is 3.36. The lowest BCUT2D eigenvalue weighted by Gasteiger charge is -2.24. The van der Waals surface area contributed by atoms with E-state index in [1.807, 2.05) is 0 Å². The summed E-state index contributed by atoms with van der Waals surface area (Å²) in [5.74, 6) is -1.09. The van der Waals surface area contributed by atoms with Crippen LogP contribution in [-0.4, -0.2) is 65.8 Å². The summed E-state index contributed by atoms with van der Waals surface area (Å²) in [7, 11) is 0. The van der Waals surface area contributed by atoms with Gasteiger partial charge in [-0.2, -0.15) is 0 Å². The van der Waals surface area contributed by atoms with Crippen LogP contribution in [-0.2, 0) is 19.1 Å². The Kier molecular flexibility index (Phi) is 3.92. The van der Waals surface area contributed by atoms with Gasteiger partial charge in [0, 0.05) is 26.2 Å². The van der Waals surface area contributed by atoms with E-state index in [-0.39, 0.29) is 11.8 Å². The number of ether oxygens (including phenoxy) is 2. The van der Waals surface area contributed by atoms with Crippen molar-refractivity contribution >= 4 is 11.8 Å². The van der Waals surface area contributed by atoms with Crippen molar-refractivity contribution in [3.8, 4) is 0 Å². The molecule has 3 aliphatic heterocycles. The molecular formula is C15H24N2O4. The highest BCUT2D eigenvalue weighted by molar-refractivity contribution is 5.91. The molecule has 0 aromatic rings. The first-order chi connectivity index (χ1) is 9.98. The van der Waals surface area contributed by atoms with Gasteiger partial charge in [-0.1, -0.05) is 0 Å². The maximum absolute atomic E-state index is 12.6. The molecule has 6 nitrogen and oxygen atoms in total. The number of likely N-dealkylation sites (tertiary alicyclic amines) is 2. The van der Waals surface area contributed by atoms with Crippen molar-refractivity contribution in [1.82, 2.24) is 9.80 Å². The predicted octanol–water partition coefficient (Wildman–Crippen LogP) is 0.751. The van der Waals surface area contributed by atoms with E-state index < -0.39 is 18.0 Å². The van der Waals surface area contributed by atoms with Crippen molar-refractivity contribution in [3.63, 3.8) is 0 Å². The standard InChI is InChI=1S/C15H24N2O4/c1-15(2)20-11(13(18)16-7-3-4-8-16)12(21-15)14(19)17-9-5-6-10-17/h11-12H,3-10H2,1-2H3. The molecule has 3 fully saturated rings. The Balaban J connectivity index is 1.75. The third-order valence-corrected chi connectivity index (χ3v) is 4.42. The Labute approximate surface area is 125 Å². The zero-order valence-electron chi connectivity index (χ0n) is 12.8. The van der Waals surface area contributed by atoms with E-state index >= 15 is 0 Å². The van der Waals surface area contributed by atoms with Gasteiger partial charge < -0.3 is 19.3 Å². The largest absolute Gasteiger partial charge is 0.340 e. The zero-order chi connectivity index (χ0) is 15.0. The second-order valence-electron chi connectivity index (χ2n) is 6.54. The molecule has 0 aromatic heterocycles.